The van der Waals surface area contributed by atoms with Crippen LogP contribution in [0.5, 0.6) is 11.5 Å². The largest absolute Gasteiger partial charge is 0.493 e. The van der Waals surface area contributed by atoms with Crippen LogP contribution in [0.2, 0.25) is 0 Å². The maximum absolute atomic E-state index is 13.0. The summed E-state index contributed by atoms with van der Waals surface area (Å²) < 4.78 is 27.3. The van der Waals surface area contributed by atoms with E-state index in [2.05, 4.69) is 27.8 Å². The molecule has 4 aromatic carbocycles. The number of benzene rings is 4. The van der Waals surface area contributed by atoms with E-state index in [0.29, 0.717) is 69.7 Å². The summed E-state index contributed by atoms with van der Waals surface area (Å²) in [6.45, 7) is 17.3. The van der Waals surface area contributed by atoms with Gasteiger partial charge in [-0.15, -0.1) is 6.58 Å². The number of allylic oxidation sites excluding steroid dienone is 1. The number of para-hydroxylation sites is 1. The monoisotopic (exact) mass is 1120 g/mol. The average molecular weight is 1120 g/mol. The Morgan fingerprint density at radius 1 is 0.724 bits per heavy atom. The number of piperidine rings is 1. The maximum atomic E-state index is 13.0. The number of imide groups is 2. The number of amides is 5. The fraction of sp³-hybridized carbons (Fsp3) is 0.345. The fourth-order valence-corrected chi connectivity index (χ4v) is 7.86. The smallest absolute Gasteiger partial charge is 0.264 e. The molecule has 405 valence electrons. The fourth-order valence-electron chi connectivity index (χ4n) is 7.86. The number of carbonyl (C=O) groups is 6. The van der Waals surface area contributed by atoms with Crippen LogP contribution in [-0.4, -0.2) is 125 Å². The quantitative estimate of drug-likeness (QED) is 0.0189. The van der Waals surface area contributed by atoms with Crippen LogP contribution in [0, 0.1) is 7.43 Å². The Hall–Kier alpha value is -6.47. The summed E-state index contributed by atoms with van der Waals surface area (Å²) in [6.07, 6.45) is 2.83. The van der Waals surface area contributed by atoms with Gasteiger partial charge in [0, 0.05) is 69.0 Å². The van der Waals surface area contributed by atoms with Gasteiger partial charge in [-0.25, -0.2) is 4.98 Å². The Bertz CT molecular complexity index is 2670. The number of nitrogens with one attached hydrogen (secondary N) is 4. The molecule has 0 bridgehead atoms. The van der Waals surface area contributed by atoms with E-state index in [1.165, 1.54) is 0 Å². The van der Waals surface area contributed by atoms with Crippen molar-refractivity contribution >= 4 is 47.2 Å². The van der Waals surface area contributed by atoms with Crippen LogP contribution >= 0.6 is 0 Å². The zero-order valence-corrected chi connectivity index (χ0v) is 48.0. The van der Waals surface area contributed by atoms with Gasteiger partial charge < -0.3 is 47.1 Å². The Balaban J connectivity index is 0.000000455. The first-order chi connectivity index (χ1) is 36.1. The van der Waals surface area contributed by atoms with Crippen molar-refractivity contribution in [3.63, 3.8) is 0 Å². The van der Waals surface area contributed by atoms with Crippen LogP contribution in [0.3, 0.4) is 0 Å². The van der Waals surface area contributed by atoms with Crippen molar-refractivity contribution in [1.29, 1.82) is 0 Å². The van der Waals surface area contributed by atoms with Gasteiger partial charge in [0.2, 0.25) is 17.7 Å². The predicted molar refractivity (Wildman–Crippen MR) is 294 cm³/mol. The number of ether oxygens (including phenoxy) is 5. The second-order valence-corrected chi connectivity index (χ2v) is 15.8. The number of fused-ring (bicyclic) bond motifs is 4. The third-order valence-electron chi connectivity index (χ3n) is 11.0. The zero-order valence-electron chi connectivity index (χ0n) is 45.1. The number of anilines is 2. The van der Waals surface area contributed by atoms with Crippen molar-refractivity contribution in [3.05, 3.63) is 134 Å². The first-order valence-corrected chi connectivity index (χ1v) is 24.9. The van der Waals surface area contributed by atoms with Crippen LogP contribution in [0.25, 0.3) is 33.6 Å². The molecular weight excluding hydrogens is 1050 g/mol. The van der Waals surface area contributed by atoms with Crippen LogP contribution in [0.4, 0.5) is 11.4 Å². The topological polar surface area (TPSA) is 213 Å². The molecular formula is C58H73N6O11Y-. The molecule has 5 amide bonds. The molecule has 1 aromatic heterocycles. The number of aldehydes is 1. The molecule has 3 aliphatic heterocycles. The average Bonchev–Trinajstić information content (AvgIpc) is 3.58. The van der Waals surface area contributed by atoms with Crippen molar-refractivity contribution in [3.8, 4) is 45.1 Å². The molecule has 1 fully saturated rings. The molecule has 0 aliphatic carbocycles. The molecule has 8 rings (SSSR count). The first-order valence-electron chi connectivity index (χ1n) is 24.9. The van der Waals surface area contributed by atoms with Gasteiger partial charge in [-0.1, -0.05) is 94.4 Å². The van der Waals surface area contributed by atoms with Crippen molar-refractivity contribution in [2.75, 3.05) is 84.1 Å². The van der Waals surface area contributed by atoms with Crippen molar-refractivity contribution in [2.24, 2.45) is 0 Å². The summed E-state index contributed by atoms with van der Waals surface area (Å²) in [5, 5.41) is 11.3. The molecule has 3 aliphatic rings. The van der Waals surface area contributed by atoms with E-state index >= 15 is 0 Å². The minimum Gasteiger partial charge on any atom is -0.493 e. The standard InChI is InChI=1S/C28H22N2O4.C22H30N4O7.C3H6.2C2H6.CH3.Y/c1-33-25-12-11-19(15-26(25)34-14-13-31)21-16-24(18-7-3-2-4-8-18)30-28-20-9-5-6-10-23(20)29-27(32)17-22(21)28;1-23-7-9-31-11-13-33-14-12-32-10-8-24-16-4-2-3-15-19(16)22(30)26(21(15)29)17-5-6-18(27)25-20(17)28;1-3-2;2*1-2;;/h2-13,15-16H,14,17H2,1H3,(H,29,32);2-4,17,23-24H,5-14H2,1H3,(H,25,27,28);3H,1H2,2H3;2*1-2H3;1H3;/q;;;;;-1;. The third-order valence-corrected chi connectivity index (χ3v) is 11.0. The summed E-state index contributed by atoms with van der Waals surface area (Å²) in [7, 11) is 3.42. The summed E-state index contributed by atoms with van der Waals surface area (Å²) in [6, 6.07) is 29.1. The number of nitrogens with zero attached hydrogens (tertiary/aromatic N) is 2. The summed E-state index contributed by atoms with van der Waals surface area (Å²) in [4.78, 5) is 79.1. The van der Waals surface area contributed by atoms with Crippen LogP contribution < -0.4 is 30.7 Å². The minimum atomic E-state index is -0.986. The van der Waals surface area contributed by atoms with Crippen LogP contribution in [0.1, 0.15) is 73.7 Å². The van der Waals surface area contributed by atoms with E-state index in [0.717, 1.165) is 56.3 Å². The van der Waals surface area contributed by atoms with E-state index in [9.17, 15) is 28.8 Å². The van der Waals surface area contributed by atoms with E-state index in [1.807, 2.05) is 114 Å². The Labute approximate surface area is 473 Å². The number of aromatic nitrogens is 1. The van der Waals surface area contributed by atoms with Crippen LogP contribution in [0.15, 0.2) is 110 Å². The Kier molecular flexibility index (Phi) is 30.9. The third kappa shape index (κ3) is 18.1. The normalized spacial score (nSPS) is 13.5. The summed E-state index contributed by atoms with van der Waals surface area (Å²) in [5.41, 5.74) is 7.63. The molecule has 18 heteroatoms. The predicted octanol–water partition coefficient (Wildman–Crippen LogP) is 8.62. The molecule has 17 nitrogen and oxygen atoms in total. The second-order valence-electron chi connectivity index (χ2n) is 15.8. The summed E-state index contributed by atoms with van der Waals surface area (Å²) >= 11 is 0. The number of hydrogen-bond donors (Lipinski definition) is 4. The number of carbonyl (C=O) groups excluding carboxylic acids is 6. The van der Waals surface area contributed by atoms with E-state index in [-0.39, 0.29) is 83.0 Å². The van der Waals surface area contributed by atoms with Crippen molar-refractivity contribution in [1.82, 2.24) is 20.5 Å². The number of methoxy groups -OCH3 is 1. The van der Waals surface area contributed by atoms with Crippen molar-refractivity contribution in [2.45, 2.75) is 59.9 Å². The molecule has 1 atom stereocenters. The molecule has 4 N–H and O–H groups in total. The SMILES string of the molecule is C=CC.CC.CC.CNCCOCCOCCOCCNc1cccc2c1C(=O)N(C1CCC(=O)NC1=O)C2=O.COc1ccc(-c2cc(-c3ccccc3)nc3c2CC(=O)Nc2ccccc2-3)cc1OCC=O.[CH3-].[Y]. The first kappa shape index (κ1) is 65.6. The van der Waals surface area contributed by atoms with E-state index in [4.69, 9.17) is 28.7 Å². The zero-order chi connectivity index (χ0) is 53.8. The molecule has 5 aromatic rings. The van der Waals surface area contributed by atoms with Gasteiger partial charge in [0.05, 0.1) is 81.4 Å². The number of rotatable bonds is 20. The number of likely N-dealkylation sites (N-methyl/N-ethyl adjacent to an activating group) is 1. The maximum Gasteiger partial charge on any atom is 0.264 e. The minimum absolute atomic E-state index is 0. The molecule has 0 saturated carbocycles. The molecule has 1 unspecified atom stereocenters. The Morgan fingerprint density at radius 2 is 1.36 bits per heavy atom. The van der Waals surface area contributed by atoms with Gasteiger partial charge in [-0.3, -0.25) is 39.0 Å². The van der Waals surface area contributed by atoms with Gasteiger partial charge in [-0.05, 0) is 73.5 Å². The van der Waals surface area contributed by atoms with Gasteiger partial charge in [-0.2, -0.15) is 0 Å². The van der Waals surface area contributed by atoms with Gasteiger partial charge in [0.25, 0.3) is 11.8 Å². The summed E-state index contributed by atoms with van der Waals surface area (Å²) in [5.74, 6) is -1.23. The van der Waals surface area contributed by atoms with E-state index in [1.54, 1.807) is 37.5 Å². The van der Waals surface area contributed by atoms with Gasteiger partial charge >= 0.3 is 0 Å². The van der Waals surface area contributed by atoms with Gasteiger partial charge in [0.15, 0.2) is 17.8 Å². The molecule has 4 heterocycles. The van der Waals surface area contributed by atoms with Crippen LogP contribution in [-0.2, 0) is 72.5 Å². The molecule has 1 radical (unpaired) electrons. The van der Waals surface area contributed by atoms with E-state index < -0.39 is 29.7 Å². The Morgan fingerprint density at radius 3 is 2.00 bits per heavy atom. The number of pyridine rings is 1. The molecule has 1 saturated heterocycles. The van der Waals surface area contributed by atoms with Gasteiger partial charge in [0.1, 0.15) is 12.6 Å². The molecule has 76 heavy (non-hydrogen) atoms. The molecule has 0 spiro atoms. The number of hydrogen-bond acceptors (Lipinski definition) is 14. The second kappa shape index (κ2) is 35.7. The van der Waals surface area contributed by atoms with Crippen molar-refractivity contribution < 1.29 is 85.2 Å².